The second-order valence-electron chi connectivity index (χ2n) is 7.98. The molecule has 0 radical (unpaired) electrons. The van der Waals surface area contributed by atoms with Gasteiger partial charge in [0.1, 0.15) is 5.82 Å². The summed E-state index contributed by atoms with van der Waals surface area (Å²) in [5, 5.41) is 2.94. The molecule has 1 atom stereocenters. The van der Waals surface area contributed by atoms with Crippen LogP contribution in [0.4, 0.5) is 5.69 Å². The summed E-state index contributed by atoms with van der Waals surface area (Å²) in [5.41, 5.74) is 4.46. The molecule has 6 heteroatoms. The first-order valence-corrected chi connectivity index (χ1v) is 11.7. The minimum Gasteiger partial charge on any atom is -0.462 e. The van der Waals surface area contributed by atoms with E-state index in [0.717, 1.165) is 22.5 Å². The number of esters is 1. The zero-order valence-electron chi connectivity index (χ0n) is 19.8. The third kappa shape index (κ3) is 5.79. The van der Waals surface area contributed by atoms with Crippen LogP contribution in [0.1, 0.15) is 42.4 Å². The molecule has 4 rings (SSSR count). The molecule has 0 saturated carbocycles. The van der Waals surface area contributed by atoms with Crippen LogP contribution in [0.25, 0.3) is 22.5 Å². The first-order valence-electron chi connectivity index (χ1n) is 11.7. The fraction of sp³-hybridized carbons (Fsp3) is 0.172. The molecular formula is C29H27N3O3. The first kappa shape index (κ1) is 23.8. The van der Waals surface area contributed by atoms with Crippen LogP contribution in [0.2, 0.25) is 0 Å². The molecule has 176 valence electrons. The molecule has 0 aliphatic heterocycles. The minimum absolute atomic E-state index is 0.208. The lowest BCUT2D eigenvalue weighted by Gasteiger charge is -2.16. The quantitative estimate of drug-likeness (QED) is 0.317. The predicted octanol–water partition coefficient (Wildman–Crippen LogP) is 6.12. The summed E-state index contributed by atoms with van der Waals surface area (Å²) in [7, 11) is 0. The first-order chi connectivity index (χ1) is 17.1. The van der Waals surface area contributed by atoms with Gasteiger partial charge in [-0.25, -0.2) is 14.8 Å². The summed E-state index contributed by atoms with van der Waals surface area (Å²) in [6.45, 7) is 4.01. The maximum Gasteiger partial charge on any atom is 0.338 e. The van der Waals surface area contributed by atoms with Crippen LogP contribution in [0.5, 0.6) is 0 Å². The van der Waals surface area contributed by atoms with Gasteiger partial charge in [0, 0.05) is 16.8 Å². The number of aromatic nitrogens is 2. The molecule has 35 heavy (non-hydrogen) atoms. The Kier molecular flexibility index (Phi) is 7.63. The number of hydrogen-bond acceptors (Lipinski definition) is 5. The average molecular weight is 466 g/mol. The van der Waals surface area contributed by atoms with E-state index in [9.17, 15) is 9.59 Å². The molecule has 1 N–H and O–H groups in total. The largest absolute Gasteiger partial charge is 0.462 e. The van der Waals surface area contributed by atoms with Crippen LogP contribution in [0, 0.1) is 0 Å². The van der Waals surface area contributed by atoms with E-state index < -0.39 is 11.9 Å². The molecule has 0 bridgehead atoms. The monoisotopic (exact) mass is 465 g/mol. The van der Waals surface area contributed by atoms with Crippen LogP contribution in [-0.4, -0.2) is 28.5 Å². The van der Waals surface area contributed by atoms with E-state index >= 15 is 0 Å². The molecule has 0 spiro atoms. The van der Waals surface area contributed by atoms with Crippen LogP contribution in [0.3, 0.4) is 0 Å². The summed E-state index contributed by atoms with van der Waals surface area (Å²) in [5.74, 6) is -0.684. The fourth-order valence-electron chi connectivity index (χ4n) is 3.75. The summed E-state index contributed by atoms with van der Waals surface area (Å²) < 4.78 is 5.01. The molecule has 1 heterocycles. The second kappa shape index (κ2) is 11.2. The zero-order chi connectivity index (χ0) is 24.6. The van der Waals surface area contributed by atoms with Gasteiger partial charge in [0.15, 0.2) is 0 Å². The number of ether oxygens (including phenoxy) is 1. The Hall–Kier alpha value is -4.32. The standard InChI is InChI=1S/C29H27N3O3/c1-3-24(28(33)30-23-17-15-22(16-18-23)29(34)35-4-2)27-31-25(20-11-7-5-8-12-20)19-26(32-27)21-13-9-6-10-14-21/h5-19,24H,3-4H2,1-2H3,(H,30,33). The summed E-state index contributed by atoms with van der Waals surface area (Å²) in [6.07, 6.45) is 0.527. The van der Waals surface area contributed by atoms with E-state index in [0.29, 0.717) is 30.1 Å². The Labute approximate surface area is 205 Å². The lowest BCUT2D eigenvalue weighted by molar-refractivity contribution is -0.117. The maximum absolute atomic E-state index is 13.3. The summed E-state index contributed by atoms with van der Waals surface area (Å²) >= 11 is 0. The third-order valence-corrected chi connectivity index (χ3v) is 5.58. The topological polar surface area (TPSA) is 81.2 Å². The number of carbonyl (C=O) groups is 2. The number of rotatable bonds is 8. The molecule has 0 aliphatic rings. The van der Waals surface area contributed by atoms with Crippen molar-refractivity contribution in [3.8, 4) is 22.5 Å². The number of amides is 1. The van der Waals surface area contributed by atoms with E-state index in [-0.39, 0.29) is 5.91 Å². The van der Waals surface area contributed by atoms with Gasteiger partial charge in [-0.1, -0.05) is 67.6 Å². The molecule has 1 unspecified atom stereocenters. The Balaban J connectivity index is 1.65. The highest BCUT2D eigenvalue weighted by atomic mass is 16.5. The van der Waals surface area contributed by atoms with Crippen molar-refractivity contribution in [2.45, 2.75) is 26.2 Å². The smallest absolute Gasteiger partial charge is 0.338 e. The Bertz CT molecular complexity index is 1230. The highest BCUT2D eigenvalue weighted by molar-refractivity contribution is 5.96. The van der Waals surface area contributed by atoms with E-state index in [4.69, 9.17) is 14.7 Å². The highest BCUT2D eigenvalue weighted by Gasteiger charge is 2.24. The van der Waals surface area contributed by atoms with Gasteiger partial charge in [-0.05, 0) is 43.7 Å². The van der Waals surface area contributed by atoms with Gasteiger partial charge < -0.3 is 10.1 Å². The Morgan fingerprint density at radius 2 is 1.34 bits per heavy atom. The van der Waals surface area contributed by atoms with Crippen LogP contribution < -0.4 is 5.32 Å². The van der Waals surface area contributed by atoms with Crippen LogP contribution in [-0.2, 0) is 9.53 Å². The SMILES string of the molecule is CCOC(=O)c1ccc(NC(=O)C(CC)c2nc(-c3ccccc3)cc(-c3ccccc3)n2)cc1. The van der Waals surface area contributed by atoms with Gasteiger partial charge in [-0.3, -0.25) is 4.79 Å². The number of hydrogen-bond donors (Lipinski definition) is 1. The number of nitrogens with one attached hydrogen (secondary N) is 1. The van der Waals surface area contributed by atoms with Crippen molar-refractivity contribution in [2.24, 2.45) is 0 Å². The second-order valence-corrected chi connectivity index (χ2v) is 7.98. The number of carbonyl (C=O) groups excluding carboxylic acids is 2. The van der Waals surface area contributed by atoms with E-state index in [2.05, 4.69) is 5.32 Å². The lowest BCUT2D eigenvalue weighted by Crippen LogP contribution is -2.23. The molecule has 0 fully saturated rings. The van der Waals surface area contributed by atoms with E-state index in [1.807, 2.05) is 73.7 Å². The Morgan fingerprint density at radius 1 is 0.800 bits per heavy atom. The minimum atomic E-state index is -0.550. The van der Waals surface area contributed by atoms with Crippen molar-refractivity contribution < 1.29 is 14.3 Å². The number of benzene rings is 3. The summed E-state index contributed by atoms with van der Waals surface area (Å²) in [6, 6.07) is 28.3. The average Bonchev–Trinajstić information content (AvgIpc) is 2.90. The number of anilines is 1. The van der Waals surface area contributed by atoms with Crippen molar-refractivity contribution in [3.63, 3.8) is 0 Å². The third-order valence-electron chi connectivity index (χ3n) is 5.58. The van der Waals surface area contributed by atoms with Gasteiger partial charge >= 0.3 is 5.97 Å². The molecule has 0 saturated heterocycles. The fourth-order valence-corrected chi connectivity index (χ4v) is 3.75. The van der Waals surface area contributed by atoms with Crippen molar-refractivity contribution in [2.75, 3.05) is 11.9 Å². The highest BCUT2D eigenvalue weighted by Crippen LogP contribution is 2.28. The Morgan fingerprint density at radius 3 is 1.83 bits per heavy atom. The van der Waals surface area contributed by atoms with Crippen molar-refractivity contribution in [1.29, 1.82) is 0 Å². The van der Waals surface area contributed by atoms with Crippen molar-refractivity contribution in [3.05, 3.63) is 102 Å². The molecule has 0 aliphatic carbocycles. The van der Waals surface area contributed by atoms with Crippen molar-refractivity contribution >= 4 is 17.6 Å². The number of nitrogens with zero attached hydrogens (tertiary/aromatic N) is 2. The van der Waals surface area contributed by atoms with Gasteiger partial charge in [-0.2, -0.15) is 0 Å². The van der Waals surface area contributed by atoms with Gasteiger partial charge in [0.2, 0.25) is 5.91 Å². The van der Waals surface area contributed by atoms with E-state index in [1.54, 1.807) is 31.2 Å². The van der Waals surface area contributed by atoms with Crippen LogP contribution >= 0.6 is 0 Å². The molecule has 3 aromatic carbocycles. The zero-order valence-corrected chi connectivity index (χ0v) is 19.8. The molecule has 1 aromatic heterocycles. The van der Waals surface area contributed by atoms with Gasteiger partial charge in [0.05, 0.1) is 29.5 Å². The lowest BCUT2D eigenvalue weighted by atomic mass is 10.0. The molecule has 4 aromatic rings. The van der Waals surface area contributed by atoms with Crippen LogP contribution in [0.15, 0.2) is 91.0 Å². The summed E-state index contributed by atoms with van der Waals surface area (Å²) in [4.78, 5) is 34.7. The van der Waals surface area contributed by atoms with E-state index in [1.165, 1.54) is 0 Å². The van der Waals surface area contributed by atoms with Gasteiger partial charge in [-0.15, -0.1) is 0 Å². The normalized spacial score (nSPS) is 11.5. The van der Waals surface area contributed by atoms with Crippen molar-refractivity contribution in [1.82, 2.24) is 9.97 Å². The predicted molar refractivity (Wildman–Crippen MR) is 137 cm³/mol. The molecule has 1 amide bonds. The maximum atomic E-state index is 13.3. The van der Waals surface area contributed by atoms with Gasteiger partial charge in [0.25, 0.3) is 0 Å². The molecule has 6 nitrogen and oxygen atoms in total. The molecular weight excluding hydrogens is 438 g/mol.